The molecule has 0 aliphatic carbocycles. The van der Waals surface area contributed by atoms with Gasteiger partial charge in [-0.15, -0.1) is 0 Å². The van der Waals surface area contributed by atoms with Gasteiger partial charge in [0.1, 0.15) is 17.3 Å². The number of nitrogens with one attached hydrogen (secondary N) is 1. The molecule has 0 radical (unpaired) electrons. The zero-order valence-electron chi connectivity index (χ0n) is 10.6. The van der Waals surface area contributed by atoms with Crippen LogP contribution in [0.25, 0.3) is 11.4 Å². The second kappa shape index (κ2) is 5.35. The fraction of sp³-hybridized carbons (Fsp3) is 0.231. The summed E-state index contributed by atoms with van der Waals surface area (Å²) >= 11 is 0. The van der Waals surface area contributed by atoms with Crippen molar-refractivity contribution in [3.63, 3.8) is 0 Å². The van der Waals surface area contributed by atoms with E-state index in [1.165, 1.54) is 0 Å². The van der Waals surface area contributed by atoms with E-state index in [-0.39, 0.29) is 0 Å². The number of anilines is 1. The standard InChI is InChI=1S/C13H15N3O2/c1-14-12-6-7-15-13(16-12)10-8-9(17-2)4-5-11(10)18-3/h4-8H,1-3H3,(H,14,15,16). The van der Waals surface area contributed by atoms with Gasteiger partial charge in [0.2, 0.25) is 0 Å². The third-order valence-corrected chi connectivity index (χ3v) is 2.56. The number of methoxy groups -OCH3 is 2. The highest BCUT2D eigenvalue weighted by Gasteiger charge is 2.10. The second-order valence-corrected chi connectivity index (χ2v) is 3.58. The Kier molecular flexibility index (Phi) is 3.62. The van der Waals surface area contributed by atoms with Crippen LogP contribution in [0.5, 0.6) is 11.5 Å². The Balaban J connectivity index is 2.53. The number of benzene rings is 1. The summed E-state index contributed by atoms with van der Waals surface area (Å²) in [7, 11) is 5.05. The summed E-state index contributed by atoms with van der Waals surface area (Å²) in [5.41, 5.74) is 0.800. The van der Waals surface area contributed by atoms with Crippen LogP contribution in [-0.4, -0.2) is 31.2 Å². The van der Waals surface area contributed by atoms with Crippen LogP contribution < -0.4 is 14.8 Å². The van der Waals surface area contributed by atoms with Crippen LogP contribution in [-0.2, 0) is 0 Å². The largest absolute Gasteiger partial charge is 0.497 e. The normalized spacial score (nSPS) is 9.94. The van der Waals surface area contributed by atoms with Crippen LogP contribution in [0.2, 0.25) is 0 Å². The molecule has 0 aliphatic heterocycles. The maximum Gasteiger partial charge on any atom is 0.165 e. The first kappa shape index (κ1) is 12.2. The van der Waals surface area contributed by atoms with Crippen molar-refractivity contribution in [2.75, 3.05) is 26.6 Å². The van der Waals surface area contributed by atoms with E-state index in [2.05, 4.69) is 15.3 Å². The van der Waals surface area contributed by atoms with Gasteiger partial charge in [-0.25, -0.2) is 9.97 Å². The molecule has 0 fully saturated rings. The molecule has 0 atom stereocenters. The Morgan fingerprint density at radius 3 is 2.61 bits per heavy atom. The van der Waals surface area contributed by atoms with Gasteiger partial charge in [-0.3, -0.25) is 0 Å². The van der Waals surface area contributed by atoms with Crippen LogP contribution >= 0.6 is 0 Å². The summed E-state index contributed by atoms with van der Waals surface area (Å²) < 4.78 is 10.5. The number of hydrogen-bond donors (Lipinski definition) is 1. The molecule has 5 heteroatoms. The maximum atomic E-state index is 5.32. The van der Waals surface area contributed by atoms with Gasteiger partial charge in [0.05, 0.1) is 19.8 Å². The highest BCUT2D eigenvalue weighted by Crippen LogP contribution is 2.31. The molecule has 0 bridgehead atoms. The summed E-state index contributed by atoms with van der Waals surface area (Å²) in [6.45, 7) is 0. The van der Waals surface area contributed by atoms with E-state index < -0.39 is 0 Å². The van der Waals surface area contributed by atoms with Gasteiger partial charge >= 0.3 is 0 Å². The third-order valence-electron chi connectivity index (χ3n) is 2.56. The van der Waals surface area contributed by atoms with Gasteiger partial charge in [-0.2, -0.15) is 0 Å². The van der Waals surface area contributed by atoms with Gasteiger partial charge in [-0.1, -0.05) is 0 Å². The van der Waals surface area contributed by atoms with Crippen molar-refractivity contribution in [2.45, 2.75) is 0 Å². The molecule has 2 rings (SSSR count). The van der Waals surface area contributed by atoms with E-state index in [1.54, 1.807) is 26.5 Å². The van der Waals surface area contributed by atoms with Crippen molar-refractivity contribution in [3.8, 4) is 22.9 Å². The number of rotatable bonds is 4. The first-order valence-corrected chi connectivity index (χ1v) is 5.51. The summed E-state index contributed by atoms with van der Waals surface area (Å²) in [4.78, 5) is 8.64. The van der Waals surface area contributed by atoms with Crippen molar-refractivity contribution in [1.29, 1.82) is 0 Å². The van der Waals surface area contributed by atoms with E-state index in [1.807, 2.05) is 25.2 Å². The molecule has 2 aromatic rings. The van der Waals surface area contributed by atoms with Crippen molar-refractivity contribution < 1.29 is 9.47 Å². The average molecular weight is 245 g/mol. The van der Waals surface area contributed by atoms with Crippen LogP contribution in [0.1, 0.15) is 0 Å². The molecule has 1 N–H and O–H groups in total. The van der Waals surface area contributed by atoms with Crippen LogP contribution in [0.3, 0.4) is 0 Å². The topological polar surface area (TPSA) is 56.3 Å². The lowest BCUT2D eigenvalue weighted by Crippen LogP contribution is -1.98. The molecule has 0 saturated carbocycles. The summed E-state index contributed by atoms with van der Waals surface area (Å²) in [5.74, 6) is 2.80. The number of nitrogens with zero attached hydrogens (tertiary/aromatic N) is 2. The fourth-order valence-electron chi connectivity index (χ4n) is 1.62. The SMILES string of the molecule is CNc1ccnc(-c2cc(OC)ccc2OC)n1. The van der Waals surface area contributed by atoms with E-state index in [0.717, 1.165) is 17.1 Å². The smallest absolute Gasteiger partial charge is 0.165 e. The highest BCUT2D eigenvalue weighted by molar-refractivity contribution is 5.67. The van der Waals surface area contributed by atoms with Crippen LogP contribution in [0.4, 0.5) is 5.82 Å². The van der Waals surface area contributed by atoms with Crippen molar-refractivity contribution in [1.82, 2.24) is 9.97 Å². The minimum absolute atomic E-state index is 0.595. The molecule has 18 heavy (non-hydrogen) atoms. The predicted octanol–water partition coefficient (Wildman–Crippen LogP) is 2.20. The fourth-order valence-corrected chi connectivity index (χ4v) is 1.62. The molecular weight excluding hydrogens is 230 g/mol. The molecule has 94 valence electrons. The Labute approximate surface area is 106 Å². The van der Waals surface area contributed by atoms with Gasteiger partial charge in [0.15, 0.2) is 5.82 Å². The Bertz CT molecular complexity index is 544. The lowest BCUT2D eigenvalue weighted by Gasteiger charge is -2.10. The maximum absolute atomic E-state index is 5.32. The third kappa shape index (κ3) is 2.34. The van der Waals surface area contributed by atoms with Crippen molar-refractivity contribution in [3.05, 3.63) is 30.5 Å². The monoisotopic (exact) mass is 245 g/mol. The Morgan fingerprint density at radius 1 is 1.11 bits per heavy atom. The Hall–Kier alpha value is -2.30. The molecule has 1 aromatic carbocycles. The molecular formula is C13H15N3O2. The number of hydrogen-bond acceptors (Lipinski definition) is 5. The number of ether oxygens (including phenoxy) is 2. The molecule has 0 aliphatic rings. The van der Waals surface area contributed by atoms with E-state index in [9.17, 15) is 0 Å². The van der Waals surface area contributed by atoms with Crippen LogP contribution in [0.15, 0.2) is 30.5 Å². The minimum Gasteiger partial charge on any atom is -0.497 e. The first-order valence-electron chi connectivity index (χ1n) is 5.51. The van der Waals surface area contributed by atoms with Gasteiger partial charge in [0, 0.05) is 13.2 Å². The van der Waals surface area contributed by atoms with Crippen molar-refractivity contribution in [2.24, 2.45) is 0 Å². The first-order chi connectivity index (χ1) is 8.78. The zero-order valence-corrected chi connectivity index (χ0v) is 10.6. The van der Waals surface area contributed by atoms with E-state index >= 15 is 0 Å². The molecule has 0 amide bonds. The summed E-state index contributed by atoms with van der Waals surface area (Å²) in [6, 6.07) is 7.33. The Morgan fingerprint density at radius 2 is 1.94 bits per heavy atom. The van der Waals surface area contributed by atoms with Crippen LogP contribution in [0, 0.1) is 0 Å². The minimum atomic E-state index is 0.595. The molecule has 5 nitrogen and oxygen atoms in total. The highest BCUT2D eigenvalue weighted by atomic mass is 16.5. The van der Waals surface area contributed by atoms with Crippen molar-refractivity contribution >= 4 is 5.82 Å². The zero-order chi connectivity index (χ0) is 13.0. The second-order valence-electron chi connectivity index (χ2n) is 3.58. The predicted molar refractivity (Wildman–Crippen MR) is 70.1 cm³/mol. The molecule has 1 heterocycles. The van der Waals surface area contributed by atoms with Gasteiger partial charge < -0.3 is 14.8 Å². The van der Waals surface area contributed by atoms with Gasteiger partial charge in [0.25, 0.3) is 0 Å². The lowest BCUT2D eigenvalue weighted by atomic mass is 10.1. The van der Waals surface area contributed by atoms with E-state index in [0.29, 0.717) is 11.6 Å². The number of aromatic nitrogens is 2. The molecule has 0 unspecified atom stereocenters. The average Bonchev–Trinajstić information content (AvgIpc) is 2.46. The summed E-state index contributed by atoms with van der Waals surface area (Å²) in [5, 5.41) is 2.98. The quantitative estimate of drug-likeness (QED) is 0.895. The molecule has 0 spiro atoms. The van der Waals surface area contributed by atoms with E-state index in [4.69, 9.17) is 9.47 Å². The molecule has 0 saturated heterocycles. The van der Waals surface area contributed by atoms with Gasteiger partial charge in [-0.05, 0) is 24.3 Å². The summed E-state index contributed by atoms with van der Waals surface area (Å²) in [6.07, 6.45) is 1.70. The lowest BCUT2D eigenvalue weighted by molar-refractivity contribution is 0.404. The molecule has 1 aromatic heterocycles.